The molecule has 5 N–H and O–H groups in total. The molecule has 0 saturated carbocycles. The number of aliphatic hydroxyl groups is 2. The lowest BCUT2D eigenvalue weighted by molar-refractivity contribution is 0.280. The van der Waals surface area contributed by atoms with Crippen LogP contribution in [-0.2, 0) is 6.42 Å². The van der Waals surface area contributed by atoms with Crippen LogP contribution in [0.25, 0.3) is 17.6 Å². The molecule has 0 unspecified atom stereocenters. The summed E-state index contributed by atoms with van der Waals surface area (Å²) in [6, 6.07) is 3.18. The fourth-order valence-electron chi connectivity index (χ4n) is 1.95. The molecule has 2 aromatic heterocycles. The number of aromatic nitrogens is 2. The number of allylic oxidation sites excluding steroid dienone is 1. The molecule has 0 bridgehead atoms. The molecule has 2 heterocycles. The lowest BCUT2D eigenvalue weighted by atomic mass is 9.99. The summed E-state index contributed by atoms with van der Waals surface area (Å²) in [7, 11) is 0. The molecule has 0 atom stereocenters. The molecular weight excluding hydrogens is 234 g/mol. The number of hydrogen-bond donors (Lipinski definition) is 4. The van der Waals surface area contributed by atoms with Crippen molar-refractivity contribution >= 4 is 23.4 Å². The van der Waals surface area contributed by atoms with Crippen LogP contribution in [-0.4, -0.2) is 20.4 Å². The van der Waals surface area contributed by atoms with Gasteiger partial charge in [0.1, 0.15) is 11.2 Å². The Kier molecular flexibility index (Phi) is 2.16. The second kappa shape index (κ2) is 3.69. The van der Waals surface area contributed by atoms with Gasteiger partial charge >= 0.3 is 5.95 Å². The third kappa shape index (κ3) is 1.55. The van der Waals surface area contributed by atoms with Gasteiger partial charge in [0.25, 0.3) is 0 Å². The number of aromatic amines is 1. The maximum absolute atomic E-state index is 8.92. The predicted molar refractivity (Wildman–Crippen MR) is 65.8 cm³/mol. The van der Waals surface area contributed by atoms with Gasteiger partial charge in [0, 0.05) is 12.0 Å². The molecule has 6 heteroatoms. The fourth-order valence-corrected chi connectivity index (χ4v) is 1.95. The van der Waals surface area contributed by atoms with Crippen molar-refractivity contribution in [2.75, 3.05) is 5.73 Å². The van der Waals surface area contributed by atoms with Crippen molar-refractivity contribution in [1.29, 1.82) is 0 Å². The normalized spacial score (nSPS) is 16.7. The van der Waals surface area contributed by atoms with E-state index in [1.807, 2.05) is 12.2 Å². The number of nitrogens with two attached hydrogens (primary N) is 1. The number of H-pyrrole nitrogens is 1. The summed E-state index contributed by atoms with van der Waals surface area (Å²) in [5.41, 5.74) is 9.08. The van der Waals surface area contributed by atoms with Crippen LogP contribution >= 0.6 is 0 Å². The maximum atomic E-state index is 8.92. The topological polar surface area (TPSA) is 108 Å². The van der Waals surface area contributed by atoms with Gasteiger partial charge in [-0.05, 0) is 23.8 Å². The van der Waals surface area contributed by atoms with E-state index >= 15 is 0 Å². The van der Waals surface area contributed by atoms with Crippen LogP contribution in [0, 0.1) is 0 Å². The molecule has 3 rings (SSSR count). The largest absolute Gasteiger partial charge is 0.478 e. The number of nitrogens with zero attached hydrogens (tertiary/aromatic N) is 1. The Balaban J connectivity index is 2.15. The van der Waals surface area contributed by atoms with Gasteiger partial charge in [-0.25, -0.2) is 0 Å². The van der Waals surface area contributed by atoms with E-state index in [0.29, 0.717) is 17.7 Å². The third-order valence-electron chi connectivity index (χ3n) is 2.89. The fraction of sp³-hybridized carbons (Fsp3) is 0.0833. The first-order chi connectivity index (χ1) is 8.65. The Morgan fingerprint density at radius 1 is 1.33 bits per heavy atom. The first-order valence-electron chi connectivity index (χ1n) is 5.37. The smallest absolute Gasteiger partial charge is 0.319 e. The minimum Gasteiger partial charge on any atom is -0.478 e. The Bertz CT molecular complexity index is 748. The molecule has 1 aliphatic rings. The highest BCUT2D eigenvalue weighted by Gasteiger charge is 2.15. The number of nitrogens with one attached hydrogen (secondary N) is 1. The van der Waals surface area contributed by atoms with Crippen LogP contribution in [0.15, 0.2) is 22.6 Å². The molecular formula is C12H11N3O3. The molecule has 6 nitrogen and oxygen atoms in total. The van der Waals surface area contributed by atoms with E-state index in [9.17, 15) is 0 Å². The maximum Gasteiger partial charge on any atom is 0.319 e. The van der Waals surface area contributed by atoms with Crippen LogP contribution in [0.3, 0.4) is 0 Å². The molecule has 0 spiro atoms. The summed E-state index contributed by atoms with van der Waals surface area (Å²) in [6.45, 7) is 0. The first-order valence-corrected chi connectivity index (χ1v) is 5.37. The zero-order valence-electron chi connectivity index (χ0n) is 9.34. The SMILES string of the molecule is Nc1n[nH]c2c1CC(=c1ccc(=C(O)O)o1)C=C2. The van der Waals surface area contributed by atoms with Gasteiger partial charge < -0.3 is 20.4 Å². The molecule has 2 aromatic rings. The Morgan fingerprint density at radius 3 is 2.89 bits per heavy atom. The highest BCUT2D eigenvalue weighted by atomic mass is 16.5. The number of nitrogen functional groups attached to an aromatic ring is 1. The Labute approximate surface area is 101 Å². The van der Waals surface area contributed by atoms with E-state index in [1.54, 1.807) is 6.07 Å². The number of anilines is 1. The van der Waals surface area contributed by atoms with Crippen LogP contribution in [0.4, 0.5) is 5.82 Å². The first kappa shape index (κ1) is 10.5. The minimum atomic E-state index is -0.829. The van der Waals surface area contributed by atoms with E-state index in [-0.39, 0.29) is 5.42 Å². The number of fused-ring (bicyclic) bond motifs is 1. The van der Waals surface area contributed by atoms with Crippen molar-refractivity contribution in [3.8, 4) is 0 Å². The van der Waals surface area contributed by atoms with Crippen molar-refractivity contribution < 1.29 is 14.6 Å². The molecule has 0 aliphatic heterocycles. The van der Waals surface area contributed by atoms with E-state index in [0.717, 1.165) is 16.8 Å². The van der Waals surface area contributed by atoms with Gasteiger partial charge in [-0.2, -0.15) is 5.10 Å². The van der Waals surface area contributed by atoms with Gasteiger partial charge in [0.2, 0.25) is 5.42 Å². The van der Waals surface area contributed by atoms with E-state index < -0.39 is 5.95 Å². The molecule has 1 aliphatic carbocycles. The van der Waals surface area contributed by atoms with Gasteiger partial charge in [0.05, 0.1) is 5.69 Å². The third-order valence-corrected chi connectivity index (χ3v) is 2.89. The second-order valence-corrected chi connectivity index (χ2v) is 4.02. The summed E-state index contributed by atoms with van der Waals surface area (Å²) in [5, 5.41) is 24.6. The monoisotopic (exact) mass is 245 g/mol. The molecule has 0 amide bonds. The summed E-state index contributed by atoms with van der Waals surface area (Å²) >= 11 is 0. The standard InChI is InChI=1S/C12H11N3O3/c13-11-7-5-6(1-2-8(7)14-15-11)9-3-4-10(18-9)12(16)17/h1-4,16-17H,5H2,(H3,13,14,15). The quantitative estimate of drug-likeness (QED) is 0.529. The van der Waals surface area contributed by atoms with Crippen molar-refractivity contribution in [3.05, 3.63) is 40.3 Å². The molecule has 0 fully saturated rings. The van der Waals surface area contributed by atoms with E-state index in [1.165, 1.54) is 6.07 Å². The number of rotatable bonds is 0. The van der Waals surface area contributed by atoms with Crippen LogP contribution in [0.5, 0.6) is 0 Å². The number of aliphatic hydroxyl groups excluding tert-OH is 1. The van der Waals surface area contributed by atoms with Crippen LogP contribution in [0.2, 0.25) is 0 Å². The van der Waals surface area contributed by atoms with E-state index in [4.69, 9.17) is 20.4 Å². The van der Waals surface area contributed by atoms with Crippen molar-refractivity contribution in [2.24, 2.45) is 0 Å². The molecule has 0 aromatic carbocycles. The molecule has 0 radical (unpaired) electrons. The lowest BCUT2D eigenvalue weighted by Gasteiger charge is -2.06. The van der Waals surface area contributed by atoms with Crippen molar-refractivity contribution in [2.45, 2.75) is 6.42 Å². The summed E-state index contributed by atoms with van der Waals surface area (Å²) in [4.78, 5) is 0. The molecule has 18 heavy (non-hydrogen) atoms. The summed E-state index contributed by atoms with van der Waals surface area (Å²) in [6.07, 6.45) is 4.34. The zero-order chi connectivity index (χ0) is 12.7. The average molecular weight is 245 g/mol. The van der Waals surface area contributed by atoms with Gasteiger partial charge in [-0.3, -0.25) is 5.10 Å². The number of furan rings is 1. The summed E-state index contributed by atoms with van der Waals surface area (Å²) < 4.78 is 5.32. The summed E-state index contributed by atoms with van der Waals surface area (Å²) in [5.74, 6) is -0.361. The van der Waals surface area contributed by atoms with Crippen molar-refractivity contribution in [1.82, 2.24) is 10.2 Å². The van der Waals surface area contributed by atoms with Gasteiger partial charge in [-0.1, -0.05) is 6.08 Å². The average Bonchev–Trinajstić information content (AvgIpc) is 2.96. The zero-order valence-corrected chi connectivity index (χ0v) is 9.34. The van der Waals surface area contributed by atoms with Crippen molar-refractivity contribution in [3.63, 3.8) is 0 Å². The Morgan fingerprint density at radius 2 is 2.17 bits per heavy atom. The second-order valence-electron chi connectivity index (χ2n) is 4.02. The van der Waals surface area contributed by atoms with E-state index in [2.05, 4.69) is 10.2 Å². The van der Waals surface area contributed by atoms with Gasteiger partial charge in [-0.15, -0.1) is 0 Å². The predicted octanol–water partition coefficient (Wildman–Crippen LogP) is 0.187. The lowest BCUT2D eigenvalue weighted by Crippen LogP contribution is -2.09. The van der Waals surface area contributed by atoms with Gasteiger partial charge in [0.15, 0.2) is 0 Å². The molecule has 0 saturated heterocycles. The minimum absolute atomic E-state index is 0.0388. The van der Waals surface area contributed by atoms with Crippen LogP contribution in [0.1, 0.15) is 11.3 Å². The number of hydrogen-bond acceptors (Lipinski definition) is 5. The van der Waals surface area contributed by atoms with Crippen LogP contribution < -0.4 is 16.6 Å². The highest BCUT2D eigenvalue weighted by molar-refractivity contribution is 5.75. The molecule has 92 valence electrons. The highest BCUT2D eigenvalue weighted by Crippen LogP contribution is 2.24. The Hall–Kier alpha value is -2.63.